The number of rotatable bonds is 6. The lowest BCUT2D eigenvalue weighted by molar-refractivity contribution is -0.0498. The second kappa shape index (κ2) is 7.58. The van der Waals surface area contributed by atoms with Crippen LogP contribution >= 0.6 is 0 Å². The average Bonchev–Trinajstić information content (AvgIpc) is 2.55. The maximum Gasteiger partial charge on any atom is 0.387 e. The van der Waals surface area contributed by atoms with Crippen molar-refractivity contribution in [2.45, 2.75) is 11.5 Å². The predicted molar refractivity (Wildman–Crippen MR) is 88.3 cm³/mol. The number of nitrogens with one attached hydrogen (secondary N) is 1. The number of halogens is 2. The van der Waals surface area contributed by atoms with Gasteiger partial charge in [0.15, 0.2) is 0 Å². The highest BCUT2D eigenvalue weighted by Gasteiger charge is 2.17. The van der Waals surface area contributed by atoms with Crippen LogP contribution in [0.5, 0.6) is 5.75 Å². The molecule has 0 radical (unpaired) electrons. The molecular weight excluding hydrogens is 354 g/mol. The third kappa shape index (κ3) is 4.74. The van der Waals surface area contributed by atoms with Gasteiger partial charge in [-0.25, -0.2) is 12.7 Å². The van der Waals surface area contributed by atoms with Gasteiger partial charge in [0.05, 0.1) is 4.90 Å². The van der Waals surface area contributed by atoms with Crippen LogP contribution < -0.4 is 10.1 Å². The highest BCUT2D eigenvalue weighted by Crippen LogP contribution is 2.19. The lowest BCUT2D eigenvalue weighted by Gasteiger charge is -2.12. The van der Waals surface area contributed by atoms with E-state index in [2.05, 4.69) is 10.1 Å². The average molecular weight is 370 g/mol. The third-order valence-corrected chi connectivity index (χ3v) is 5.06. The van der Waals surface area contributed by atoms with Crippen molar-refractivity contribution in [1.29, 1.82) is 0 Å². The van der Waals surface area contributed by atoms with Gasteiger partial charge in [0.1, 0.15) is 5.75 Å². The normalized spacial score (nSPS) is 11.6. The van der Waals surface area contributed by atoms with Gasteiger partial charge >= 0.3 is 6.61 Å². The molecule has 9 heteroatoms. The summed E-state index contributed by atoms with van der Waals surface area (Å²) in [5.74, 6) is -0.517. The van der Waals surface area contributed by atoms with E-state index in [1.807, 2.05) is 0 Å². The van der Waals surface area contributed by atoms with Crippen molar-refractivity contribution < 1.29 is 26.7 Å². The van der Waals surface area contributed by atoms with Crippen molar-refractivity contribution in [3.05, 3.63) is 54.1 Å². The first kappa shape index (κ1) is 18.8. The molecule has 0 aliphatic carbocycles. The number of benzene rings is 2. The van der Waals surface area contributed by atoms with E-state index in [0.29, 0.717) is 5.69 Å². The van der Waals surface area contributed by atoms with Gasteiger partial charge in [-0.05, 0) is 48.5 Å². The van der Waals surface area contributed by atoms with E-state index in [-0.39, 0.29) is 16.2 Å². The summed E-state index contributed by atoms with van der Waals surface area (Å²) < 4.78 is 53.4. The number of carbonyl (C=O) groups excluding carboxylic acids is 1. The fourth-order valence-corrected chi connectivity index (χ4v) is 2.81. The van der Waals surface area contributed by atoms with Crippen molar-refractivity contribution in [3.8, 4) is 5.75 Å². The van der Waals surface area contributed by atoms with Gasteiger partial charge < -0.3 is 10.1 Å². The minimum atomic E-state index is -3.54. The first-order chi connectivity index (χ1) is 11.7. The number of anilines is 1. The molecule has 1 amide bonds. The second-order valence-electron chi connectivity index (χ2n) is 5.17. The molecule has 1 N–H and O–H groups in total. The van der Waals surface area contributed by atoms with Crippen molar-refractivity contribution >= 4 is 21.6 Å². The van der Waals surface area contributed by atoms with Gasteiger partial charge in [-0.2, -0.15) is 8.78 Å². The summed E-state index contributed by atoms with van der Waals surface area (Å²) in [4.78, 5) is 12.2. The number of carbonyl (C=O) groups is 1. The molecule has 0 atom stereocenters. The van der Waals surface area contributed by atoms with Gasteiger partial charge in [-0.15, -0.1) is 0 Å². The molecule has 0 fully saturated rings. The standard InChI is InChI=1S/C16H16F2N2O4S/c1-20(2)25(22,23)14-9-5-12(6-10-14)19-15(21)11-3-7-13(8-4-11)24-16(17)18/h3-10,16H,1-2H3,(H,19,21). The Hall–Kier alpha value is -2.52. The number of nitrogens with zero attached hydrogens (tertiary/aromatic N) is 1. The Morgan fingerprint density at radius 2 is 1.60 bits per heavy atom. The number of alkyl halides is 2. The SMILES string of the molecule is CN(C)S(=O)(=O)c1ccc(NC(=O)c2ccc(OC(F)F)cc2)cc1. The minimum Gasteiger partial charge on any atom is -0.435 e. The van der Waals surface area contributed by atoms with Crippen LogP contribution in [0, 0.1) is 0 Å². The molecule has 25 heavy (non-hydrogen) atoms. The van der Waals surface area contributed by atoms with Crippen molar-refractivity contribution in [2.75, 3.05) is 19.4 Å². The van der Waals surface area contributed by atoms with Gasteiger partial charge in [-0.3, -0.25) is 4.79 Å². The summed E-state index contributed by atoms with van der Waals surface area (Å²) in [5.41, 5.74) is 0.641. The summed E-state index contributed by atoms with van der Waals surface area (Å²) in [6.45, 7) is -2.93. The van der Waals surface area contributed by atoms with Crippen molar-refractivity contribution in [1.82, 2.24) is 4.31 Å². The van der Waals surface area contributed by atoms with Crippen LogP contribution in [0.15, 0.2) is 53.4 Å². The van der Waals surface area contributed by atoms with E-state index in [1.54, 1.807) is 0 Å². The molecule has 2 rings (SSSR count). The summed E-state index contributed by atoms with van der Waals surface area (Å²) >= 11 is 0. The Morgan fingerprint density at radius 1 is 1.04 bits per heavy atom. The van der Waals surface area contributed by atoms with E-state index in [4.69, 9.17) is 0 Å². The number of amides is 1. The first-order valence-corrected chi connectivity index (χ1v) is 8.53. The third-order valence-electron chi connectivity index (χ3n) is 3.23. The molecule has 0 aromatic heterocycles. The number of ether oxygens (including phenoxy) is 1. The molecule has 0 unspecified atom stereocenters. The van der Waals surface area contributed by atoms with E-state index in [9.17, 15) is 22.0 Å². The first-order valence-electron chi connectivity index (χ1n) is 7.09. The summed E-state index contributed by atoms with van der Waals surface area (Å²) in [5, 5.41) is 2.59. The van der Waals surface area contributed by atoms with Crippen LogP contribution in [-0.2, 0) is 10.0 Å². The molecule has 2 aromatic carbocycles. The molecule has 0 aliphatic heterocycles. The van der Waals surface area contributed by atoms with E-state index in [0.717, 1.165) is 4.31 Å². The van der Waals surface area contributed by atoms with Crippen LogP contribution in [0.1, 0.15) is 10.4 Å². The Morgan fingerprint density at radius 3 is 2.08 bits per heavy atom. The molecule has 6 nitrogen and oxygen atoms in total. The quantitative estimate of drug-likeness (QED) is 0.848. The van der Waals surface area contributed by atoms with E-state index >= 15 is 0 Å². The highest BCUT2D eigenvalue weighted by atomic mass is 32.2. The Bertz CT molecular complexity index is 835. The summed E-state index contributed by atoms with van der Waals surface area (Å²) in [7, 11) is -0.697. The fourth-order valence-electron chi connectivity index (χ4n) is 1.91. The van der Waals surface area contributed by atoms with Gasteiger partial charge in [-0.1, -0.05) is 0 Å². The van der Waals surface area contributed by atoms with E-state index < -0.39 is 22.5 Å². The van der Waals surface area contributed by atoms with Crippen LogP contribution in [0.4, 0.5) is 14.5 Å². The second-order valence-corrected chi connectivity index (χ2v) is 7.32. The number of hydrogen-bond donors (Lipinski definition) is 1. The zero-order valence-electron chi connectivity index (χ0n) is 13.4. The lowest BCUT2D eigenvalue weighted by Crippen LogP contribution is -2.22. The maximum absolute atomic E-state index is 12.1. The molecule has 2 aromatic rings. The van der Waals surface area contributed by atoms with Crippen molar-refractivity contribution in [3.63, 3.8) is 0 Å². The monoisotopic (exact) mass is 370 g/mol. The zero-order chi connectivity index (χ0) is 18.6. The maximum atomic E-state index is 12.1. The van der Waals surface area contributed by atoms with E-state index in [1.165, 1.54) is 62.6 Å². The predicted octanol–water partition coefficient (Wildman–Crippen LogP) is 2.79. The molecule has 0 saturated heterocycles. The summed E-state index contributed by atoms with van der Waals surface area (Å²) in [6.07, 6.45) is 0. The number of hydrogen-bond acceptors (Lipinski definition) is 4. The van der Waals surface area contributed by atoms with Gasteiger partial charge in [0.2, 0.25) is 10.0 Å². The highest BCUT2D eigenvalue weighted by molar-refractivity contribution is 7.89. The fraction of sp³-hybridized carbons (Fsp3) is 0.188. The van der Waals surface area contributed by atoms with Crippen LogP contribution in [0.3, 0.4) is 0 Å². The zero-order valence-corrected chi connectivity index (χ0v) is 14.3. The Labute approximate surface area is 144 Å². The van der Waals surface area contributed by atoms with Crippen molar-refractivity contribution in [2.24, 2.45) is 0 Å². The van der Waals surface area contributed by atoms with Crippen LogP contribution in [-0.4, -0.2) is 39.3 Å². The smallest absolute Gasteiger partial charge is 0.387 e. The molecule has 134 valence electrons. The van der Waals surface area contributed by atoms with Gasteiger partial charge in [0.25, 0.3) is 5.91 Å². The van der Waals surface area contributed by atoms with Gasteiger partial charge in [0, 0.05) is 25.3 Å². The number of sulfonamides is 1. The molecule has 0 heterocycles. The van der Waals surface area contributed by atoms with Crippen LogP contribution in [0.2, 0.25) is 0 Å². The lowest BCUT2D eigenvalue weighted by atomic mass is 10.2. The summed E-state index contributed by atoms with van der Waals surface area (Å²) in [6, 6.07) is 10.9. The minimum absolute atomic E-state index is 0.0511. The Balaban J connectivity index is 2.08. The molecular formula is C16H16F2N2O4S. The topological polar surface area (TPSA) is 75.7 Å². The molecule has 0 aliphatic rings. The largest absolute Gasteiger partial charge is 0.435 e. The Kier molecular flexibility index (Phi) is 5.70. The van der Waals surface area contributed by atoms with Crippen LogP contribution in [0.25, 0.3) is 0 Å². The molecule has 0 bridgehead atoms. The molecule has 0 saturated carbocycles. The molecule has 0 spiro atoms.